The monoisotopic (exact) mass is 316 g/mol. The van der Waals surface area contributed by atoms with Crippen LogP contribution in [0.4, 0.5) is 0 Å². The number of Topliss-reactive ketones (excluding diaryl/α,β-unsaturated/α-hetero) is 1. The van der Waals surface area contributed by atoms with Gasteiger partial charge in [-0.2, -0.15) is 0 Å². The normalized spacial score (nSPS) is 14.2. The summed E-state index contributed by atoms with van der Waals surface area (Å²) in [5.74, 6) is -3.09. The number of rotatable bonds is 4. The van der Waals surface area contributed by atoms with Gasteiger partial charge in [0.05, 0.1) is 5.60 Å². The molecule has 0 rings (SSSR count). The van der Waals surface area contributed by atoms with Crippen molar-refractivity contribution in [3.8, 4) is 0 Å². The van der Waals surface area contributed by atoms with E-state index in [0.29, 0.717) is 0 Å². The lowest BCUT2D eigenvalue weighted by Crippen LogP contribution is -2.47. The third-order valence-corrected chi connectivity index (χ3v) is 1.93. The van der Waals surface area contributed by atoms with Gasteiger partial charge in [0.2, 0.25) is 6.10 Å². The topological polar surface area (TPSA) is 78.9 Å². The highest BCUT2D eigenvalue weighted by Gasteiger charge is 2.40. The van der Waals surface area contributed by atoms with Crippen LogP contribution in [0.2, 0.25) is 0 Å². The zero-order valence-electron chi connectivity index (χ0n) is 15.0. The first kappa shape index (κ1) is 20.6. The van der Waals surface area contributed by atoms with E-state index in [1.54, 1.807) is 62.3 Å². The molecule has 1 atom stereocenters. The van der Waals surface area contributed by atoms with Crippen molar-refractivity contribution in [3.05, 3.63) is 0 Å². The van der Waals surface area contributed by atoms with Crippen LogP contribution in [-0.2, 0) is 28.6 Å². The Morgan fingerprint density at radius 3 is 1.41 bits per heavy atom. The molecular weight excluding hydrogens is 288 g/mol. The molecule has 128 valence electrons. The van der Waals surface area contributed by atoms with Crippen LogP contribution in [0.3, 0.4) is 0 Å². The highest BCUT2D eigenvalue weighted by molar-refractivity contribution is 6.39. The smallest absolute Gasteiger partial charge is 0.378 e. The molecule has 6 nitrogen and oxygen atoms in total. The quantitative estimate of drug-likeness (QED) is 0.450. The lowest BCUT2D eigenvalue weighted by molar-refractivity contribution is -0.186. The fraction of sp³-hybridized carbons (Fsp3) is 0.812. The Kier molecular flexibility index (Phi) is 6.33. The molecular formula is C16H28O6. The maximum Gasteiger partial charge on any atom is 0.378 e. The summed E-state index contributed by atoms with van der Waals surface area (Å²) in [5.41, 5.74) is -2.45. The van der Waals surface area contributed by atoms with Crippen LogP contribution in [-0.4, -0.2) is 40.6 Å². The van der Waals surface area contributed by atoms with Crippen LogP contribution >= 0.6 is 0 Å². The van der Waals surface area contributed by atoms with Gasteiger partial charge in [-0.15, -0.1) is 0 Å². The molecule has 0 N–H and O–H groups in total. The SMILES string of the molecule is CC(C)(C)OC(=O)C(=O)[C@@H](OC(C)(C)C)C(=O)OC(C)(C)C. The van der Waals surface area contributed by atoms with Gasteiger partial charge >= 0.3 is 11.9 Å². The van der Waals surface area contributed by atoms with Gasteiger partial charge in [-0.05, 0) is 62.3 Å². The summed E-state index contributed by atoms with van der Waals surface area (Å²) in [7, 11) is 0. The predicted octanol–water partition coefficient (Wildman–Crippen LogP) is 2.42. The number of hydrogen-bond donors (Lipinski definition) is 0. The van der Waals surface area contributed by atoms with E-state index < -0.39 is 40.6 Å². The number of carbonyl (C=O) groups excluding carboxylic acids is 3. The van der Waals surface area contributed by atoms with Gasteiger partial charge < -0.3 is 14.2 Å². The van der Waals surface area contributed by atoms with E-state index in [0.717, 1.165) is 0 Å². The Bertz CT molecular complexity index is 431. The number of ketones is 1. The van der Waals surface area contributed by atoms with Crippen molar-refractivity contribution >= 4 is 17.7 Å². The van der Waals surface area contributed by atoms with Crippen molar-refractivity contribution in [1.82, 2.24) is 0 Å². The van der Waals surface area contributed by atoms with Crippen molar-refractivity contribution in [2.24, 2.45) is 0 Å². The summed E-state index contributed by atoms with van der Waals surface area (Å²) in [4.78, 5) is 36.3. The van der Waals surface area contributed by atoms with Gasteiger partial charge in [0.1, 0.15) is 11.2 Å². The average molecular weight is 316 g/mol. The van der Waals surface area contributed by atoms with Crippen molar-refractivity contribution in [1.29, 1.82) is 0 Å². The molecule has 22 heavy (non-hydrogen) atoms. The minimum atomic E-state index is -1.64. The van der Waals surface area contributed by atoms with Crippen LogP contribution in [0.15, 0.2) is 0 Å². The van der Waals surface area contributed by atoms with Gasteiger partial charge in [0.15, 0.2) is 0 Å². The summed E-state index contributed by atoms with van der Waals surface area (Å²) in [6, 6.07) is 0. The molecule has 0 aromatic heterocycles. The molecule has 0 aliphatic rings. The Hall–Kier alpha value is -1.43. The van der Waals surface area contributed by atoms with E-state index in [1.165, 1.54) is 0 Å². The molecule has 0 saturated heterocycles. The van der Waals surface area contributed by atoms with Crippen molar-refractivity contribution in [3.63, 3.8) is 0 Å². The van der Waals surface area contributed by atoms with Gasteiger partial charge in [0, 0.05) is 0 Å². The molecule has 0 aromatic rings. The van der Waals surface area contributed by atoms with Crippen molar-refractivity contribution < 1.29 is 28.6 Å². The largest absolute Gasteiger partial charge is 0.458 e. The van der Waals surface area contributed by atoms with E-state index in [2.05, 4.69) is 0 Å². The van der Waals surface area contributed by atoms with Crippen LogP contribution in [0, 0.1) is 0 Å². The third-order valence-electron chi connectivity index (χ3n) is 1.93. The van der Waals surface area contributed by atoms with Crippen LogP contribution in [0.1, 0.15) is 62.3 Å². The lowest BCUT2D eigenvalue weighted by atomic mass is 10.1. The first-order valence-corrected chi connectivity index (χ1v) is 7.20. The zero-order valence-corrected chi connectivity index (χ0v) is 15.0. The second-order valence-corrected chi connectivity index (χ2v) is 8.01. The molecule has 0 heterocycles. The first-order valence-electron chi connectivity index (χ1n) is 7.20. The van der Waals surface area contributed by atoms with Crippen LogP contribution < -0.4 is 0 Å². The van der Waals surface area contributed by atoms with Crippen LogP contribution in [0.5, 0.6) is 0 Å². The summed E-state index contributed by atoms with van der Waals surface area (Å²) in [6.07, 6.45) is -1.64. The molecule has 0 aromatic carbocycles. The molecule has 0 radical (unpaired) electrons. The second-order valence-electron chi connectivity index (χ2n) is 8.01. The van der Waals surface area contributed by atoms with E-state index >= 15 is 0 Å². The number of ether oxygens (including phenoxy) is 3. The standard InChI is InChI=1S/C16H28O6/c1-14(2,3)20-11(13(19)22-16(7,8)9)10(17)12(18)21-15(4,5)6/h11H,1-9H3/t11-/m1/s1. The molecule has 0 unspecified atom stereocenters. The molecule has 0 aliphatic heterocycles. The molecule has 6 heteroatoms. The fourth-order valence-electron chi connectivity index (χ4n) is 1.35. The van der Waals surface area contributed by atoms with Gasteiger partial charge in [-0.1, -0.05) is 0 Å². The first-order chi connectivity index (χ1) is 9.52. The summed E-state index contributed by atoms with van der Waals surface area (Å²) in [6.45, 7) is 14.9. The Labute approximate surface area is 132 Å². The number of carbonyl (C=O) groups is 3. The van der Waals surface area contributed by atoms with E-state index in [9.17, 15) is 14.4 Å². The fourth-order valence-corrected chi connectivity index (χ4v) is 1.35. The Morgan fingerprint density at radius 1 is 0.682 bits per heavy atom. The van der Waals surface area contributed by atoms with Crippen molar-refractivity contribution in [2.45, 2.75) is 85.2 Å². The maximum absolute atomic E-state index is 12.2. The maximum atomic E-state index is 12.2. The molecule has 0 amide bonds. The lowest BCUT2D eigenvalue weighted by Gasteiger charge is -2.28. The van der Waals surface area contributed by atoms with Gasteiger partial charge in [-0.25, -0.2) is 9.59 Å². The minimum absolute atomic E-state index is 0.801. The number of hydrogen-bond acceptors (Lipinski definition) is 6. The van der Waals surface area contributed by atoms with E-state index in [-0.39, 0.29) is 0 Å². The van der Waals surface area contributed by atoms with Gasteiger partial charge in [0.25, 0.3) is 5.78 Å². The molecule has 0 saturated carbocycles. The van der Waals surface area contributed by atoms with Gasteiger partial charge in [-0.3, -0.25) is 4.79 Å². The van der Waals surface area contributed by atoms with Crippen LogP contribution in [0.25, 0.3) is 0 Å². The molecule has 0 fully saturated rings. The molecule has 0 aliphatic carbocycles. The highest BCUT2D eigenvalue weighted by atomic mass is 16.6. The Balaban J connectivity index is 5.28. The zero-order chi connectivity index (χ0) is 17.9. The average Bonchev–Trinajstić information content (AvgIpc) is 2.18. The molecule has 0 bridgehead atoms. The predicted molar refractivity (Wildman–Crippen MR) is 81.3 cm³/mol. The van der Waals surface area contributed by atoms with E-state index in [4.69, 9.17) is 14.2 Å². The highest BCUT2D eigenvalue weighted by Crippen LogP contribution is 2.18. The minimum Gasteiger partial charge on any atom is -0.458 e. The summed E-state index contributed by atoms with van der Waals surface area (Å²) in [5, 5.41) is 0. The summed E-state index contributed by atoms with van der Waals surface area (Å²) >= 11 is 0. The summed E-state index contributed by atoms with van der Waals surface area (Å²) < 4.78 is 15.6. The molecule has 0 spiro atoms. The second kappa shape index (κ2) is 6.77. The number of esters is 2. The third kappa shape index (κ3) is 8.77. The Morgan fingerprint density at radius 2 is 1.09 bits per heavy atom. The van der Waals surface area contributed by atoms with E-state index in [1.807, 2.05) is 0 Å². The van der Waals surface area contributed by atoms with Crippen molar-refractivity contribution in [2.75, 3.05) is 0 Å².